The summed E-state index contributed by atoms with van der Waals surface area (Å²) in [7, 11) is 0. The number of piperidine rings is 1. The molecule has 0 unspecified atom stereocenters. The monoisotopic (exact) mass is 404 g/mol. The molecule has 3 heterocycles. The van der Waals surface area contributed by atoms with Gasteiger partial charge in [-0.2, -0.15) is 5.26 Å². The largest absolute Gasteiger partial charge is 0.486 e. The molecule has 4 rings (SSSR count). The first-order valence-corrected chi connectivity index (χ1v) is 10.1. The second-order valence-electron chi connectivity index (χ2n) is 7.42. The summed E-state index contributed by atoms with van der Waals surface area (Å²) < 4.78 is 5.71. The van der Waals surface area contributed by atoms with Crippen LogP contribution in [0.2, 0.25) is 0 Å². The van der Waals surface area contributed by atoms with Crippen molar-refractivity contribution in [3.05, 3.63) is 64.0 Å². The van der Waals surface area contributed by atoms with Gasteiger partial charge < -0.3 is 20.4 Å². The highest BCUT2D eigenvalue weighted by Crippen LogP contribution is 2.16. The second-order valence-corrected chi connectivity index (χ2v) is 7.42. The summed E-state index contributed by atoms with van der Waals surface area (Å²) >= 11 is 0. The van der Waals surface area contributed by atoms with Crippen LogP contribution < -0.4 is 20.9 Å². The van der Waals surface area contributed by atoms with E-state index >= 15 is 0 Å². The minimum Gasteiger partial charge on any atom is -0.486 e. The molecule has 1 fully saturated rings. The summed E-state index contributed by atoms with van der Waals surface area (Å²) in [6.07, 6.45) is 3.98. The first-order valence-electron chi connectivity index (χ1n) is 10.1. The molecule has 0 spiro atoms. The van der Waals surface area contributed by atoms with E-state index in [2.05, 4.69) is 31.7 Å². The molecular weight excluding hydrogens is 380 g/mol. The maximum atomic E-state index is 12.5. The number of fused-ring (bicyclic) bond motifs is 1. The van der Waals surface area contributed by atoms with Gasteiger partial charge in [0.1, 0.15) is 23.7 Å². The Morgan fingerprint density at radius 2 is 2.13 bits per heavy atom. The predicted molar refractivity (Wildman–Crippen MR) is 113 cm³/mol. The fraction of sp³-hybridized carbons (Fsp3) is 0.364. The van der Waals surface area contributed by atoms with Crippen LogP contribution in [0.25, 0.3) is 10.9 Å². The number of ether oxygens (including phenoxy) is 1. The fourth-order valence-corrected chi connectivity index (χ4v) is 3.65. The smallest absolute Gasteiger partial charge is 0.258 e. The lowest BCUT2D eigenvalue weighted by molar-refractivity contribution is 0.296. The van der Waals surface area contributed by atoms with Gasteiger partial charge in [0.2, 0.25) is 0 Å². The minimum atomic E-state index is -0.216. The molecule has 1 saturated heterocycles. The van der Waals surface area contributed by atoms with Gasteiger partial charge in [0, 0.05) is 12.7 Å². The number of H-pyrrole nitrogens is 1. The molecule has 8 nitrogen and oxygen atoms in total. The Labute approximate surface area is 174 Å². The Bertz CT molecular complexity index is 1110. The molecule has 0 radical (unpaired) electrons. The molecule has 3 aromatic rings. The lowest BCUT2D eigenvalue weighted by Gasteiger charge is -2.22. The zero-order valence-corrected chi connectivity index (χ0v) is 16.6. The van der Waals surface area contributed by atoms with Crippen molar-refractivity contribution in [1.29, 1.82) is 5.26 Å². The first kappa shape index (κ1) is 20.0. The van der Waals surface area contributed by atoms with Crippen molar-refractivity contribution >= 4 is 10.9 Å². The highest BCUT2D eigenvalue weighted by molar-refractivity contribution is 5.79. The van der Waals surface area contributed by atoms with E-state index in [1.165, 1.54) is 12.8 Å². The van der Waals surface area contributed by atoms with Crippen LogP contribution in [-0.2, 0) is 13.2 Å². The molecule has 30 heavy (non-hydrogen) atoms. The van der Waals surface area contributed by atoms with Crippen LogP contribution in [-0.4, -0.2) is 34.6 Å². The van der Waals surface area contributed by atoms with Crippen molar-refractivity contribution in [2.45, 2.75) is 26.0 Å². The molecule has 1 aliphatic heterocycles. The summed E-state index contributed by atoms with van der Waals surface area (Å²) in [6.45, 7) is 3.71. The van der Waals surface area contributed by atoms with Crippen molar-refractivity contribution in [2.75, 3.05) is 19.6 Å². The number of hydrogen-bond acceptors (Lipinski definition) is 7. The van der Waals surface area contributed by atoms with Gasteiger partial charge >= 0.3 is 0 Å². The van der Waals surface area contributed by atoms with Gasteiger partial charge in [-0.1, -0.05) is 6.07 Å². The van der Waals surface area contributed by atoms with Crippen molar-refractivity contribution in [1.82, 2.24) is 25.6 Å². The Kier molecular flexibility index (Phi) is 6.32. The molecular formula is C22H24N6O2. The van der Waals surface area contributed by atoms with E-state index in [4.69, 9.17) is 10.00 Å². The SMILES string of the molecule is N#Cc1cccc(OCc2nc3c(CNCC4CCNCC4)nccc3c(=O)[nH]2)c1. The molecule has 2 aromatic heterocycles. The number of benzene rings is 1. The van der Waals surface area contributed by atoms with Gasteiger partial charge in [-0.3, -0.25) is 9.78 Å². The summed E-state index contributed by atoms with van der Waals surface area (Å²) in [5.41, 5.74) is 1.63. The number of nitrogens with zero attached hydrogens (tertiary/aromatic N) is 3. The van der Waals surface area contributed by atoms with Crippen LogP contribution in [0, 0.1) is 17.2 Å². The van der Waals surface area contributed by atoms with Crippen molar-refractivity contribution in [3.63, 3.8) is 0 Å². The van der Waals surface area contributed by atoms with Gasteiger partial charge in [-0.25, -0.2) is 4.98 Å². The molecule has 154 valence electrons. The minimum absolute atomic E-state index is 0.0941. The van der Waals surface area contributed by atoms with Gasteiger partial charge in [0.05, 0.1) is 22.7 Å². The number of aromatic nitrogens is 3. The molecule has 0 amide bonds. The van der Waals surface area contributed by atoms with Gasteiger partial charge in [-0.15, -0.1) is 0 Å². The van der Waals surface area contributed by atoms with Gasteiger partial charge in [0.25, 0.3) is 5.56 Å². The topological polar surface area (TPSA) is 116 Å². The van der Waals surface area contributed by atoms with E-state index in [1.807, 2.05) is 0 Å². The van der Waals surface area contributed by atoms with Gasteiger partial charge in [-0.05, 0) is 62.7 Å². The molecule has 8 heteroatoms. The number of aromatic amines is 1. The van der Waals surface area contributed by atoms with Crippen molar-refractivity contribution in [3.8, 4) is 11.8 Å². The highest BCUT2D eigenvalue weighted by atomic mass is 16.5. The number of nitriles is 1. The Hall–Kier alpha value is -3.28. The van der Waals surface area contributed by atoms with Crippen LogP contribution >= 0.6 is 0 Å². The van der Waals surface area contributed by atoms with E-state index in [0.717, 1.165) is 25.3 Å². The quantitative estimate of drug-likeness (QED) is 0.550. The molecule has 1 aliphatic rings. The third kappa shape index (κ3) is 4.82. The van der Waals surface area contributed by atoms with Crippen LogP contribution in [0.1, 0.15) is 29.9 Å². The van der Waals surface area contributed by atoms with E-state index in [1.54, 1.807) is 36.5 Å². The Morgan fingerprint density at radius 1 is 1.27 bits per heavy atom. The molecule has 3 N–H and O–H groups in total. The van der Waals surface area contributed by atoms with Crippen LogP contribution in [0.4, 0.5) is 0 Å². The van der Waals surface area contributed by atoms with E-state index in [9.17, 15) is 4.79 Å². The highest BCUT2D eigenvalue weighted by Gasteiger charge is 2.14. The standard InChI is InChI=1S/C22H24N6O2/c23-11-16-2-1-3-17(10-16)30-14-20-27-21-18(22(29)28-20)6-9-26-19(21)13-25-12-15-4-7-24-8-5-15/h1-3,6,9-10,15,24-25H,4-5,7-8,12-14H2,(H,27,28,29). The molecule has 0 aliphatic carbocycles. The number of nitrogens with one attached hydrogen (secondary N) is 3. The van der Waals surface area contributed by atoms with E-state index in [0.29, 0.717) is 40.5 Å². The van der Waals surface area contributed by atoms with Gasteiger partial charge in [0.15, 0.2) is 0 Å². The fourth-order valence-electron chi connectivity index (χ4n) is 3.65. The number of hydrogen-bond donors (Lipinski definition) is 3. The van der Waals surface area contributed by atoms with Crippen LogP contribution in [0.3, 0.4) is 0 Å². The maximum absolute atomic E-state index is 12.5. The summed E-state index contributed by atoms with van der Waals surface area (Å²) in [4.78, 5) is 24.4. The zero-order chi connectivity index (χ0) is 20.8. The third-order valence-electron chi connectivity index (χ3n) is 5.27. The first-order chi connectivity index (χ1) is 14.7. The van der Waals surface area contributed by atoms with E-state index < -0.39 is 0 Å². The average Bonchev–Trinajstić information content (AvgIpc) is 2.79. The lowest BCUT2D eigenvalue weighted by Crippen LogP contribution is -2.33. The predicted octanol–water partition coefficient (Wildman–Crippen LogP) is 1.86. The summed E-state index contributed by atoms with van der Waals surface area (Å²) in [5.74, 6) is 1.63. The average molecular weight is 404 g/mol. The molecule has 0 bridgehead atoms. The number of rotatable bonds is 7. The van der Waals surface area contributed by atoms with E-state index in [-0.39, 0.29) is 12.2 Å². The van der Waals surface area contributed by atoms with Crippen molar-refractivity contribution < 1.29 is 4.74 Å². The Morgan fingerprint density at radius 3 is 2.97 bits per heavy atom. The maximum Gasteiger partial charge on any atom is 0.258 e. The summed E-state index contributed by atoms with van der Waals surface area (Å²) in [6, 6.07) is 10.6. The van der Waals surface area contributed by atoms with Crippen LogP contribution in [0.5, 0.6) is 5.75 Å². The zero-order valence-electron chi connectivity index (χ0n) is 16.6. The molecule has 0 saturated carbocycles. The van der Waals surface area contributed by atoms with Crippen molar-refractivity contribution in [2.24, 2.45) is 5.92 Å². The summed E-state index contributed by atoms with van der Waals surface area (Å²) in [5, 5.41) is 16.4. The lowest BCUT2D eigenvalue weighted by atomic mass is 9.98. The van der Waals surface area contributed by atoms with Crippen LogP contribution in [0.15, 0.2) is 41.3 Å². The third-order valence-corrected chi connectivity index (χ3v) is 5.27. The number of pyridine rings is 1. The second kappa shape index (κ2) is 9.48. The molecule has 1 aromatic carbocycles. The molecule has 0 atom stereocenters. The Balaban J connectivity index is 1.48. The normalized spacial score (nSPS) is 14.5.